The minimum atomic E-state index is -4.49. The van der Waals surface area contributed by atoms with Gasteiger partial charge in [0.05, 0.1) is 11.1 Å². The highest BCUT2D eigenvalue weighted by Crippen LogP contribution is 2.31. The lowest BCUT2D eigenvalue weighted by molar-refractivity contribution is -0.137. The Morgan fingerprint density at radius 2 is 1.86 bits per heavy atom. The van der Waals surface area contributed by atoms with Crippen molar-refractivity contribution in [3.8, 4) is 11.4 Å². The molecule has 0 aliphatic heterocycles. The maximum absolute atomic E-state index is 13.8. The lowest BCUT2D eigenvalue weighted by Gasteiger charge is -2.05. The van der Waals surface area contributed by atoms with Crippen LogP contribution < -0.4 is 0 Å². The van der Waals surface area contributed by atoms with Crippen LogP contribution in [0.15, 0.2) is 36.5 Å². The second kappa shape index (κ2) is 4.54. The molecule has 0 atom stereocenters. The van der Waals surface area contributed by atoms with Crippen molar-refractivity contribution < 1.29 is 17.6 Å². The fourth-order valence-corrected chi connectivity index (χ4v) is 2.11. The number of imidazole rings is 1. The normalized spacial score (nSPS) is 12.0. The third-order valence-electron chi connectivity index (χ3n) is 3.15. The molecular formula is C14H9F4N3. The Bertz CT molecular complexity index is 821. The third kappa shape index (κ3) is 2.24. The van der Waals surface area contributed by atoms with Crippen LogP contribution in [0.4, 0.5) is 17.6 Å². The van der Waals surface area contributed by atoms with Gasteiger partial charge >= 0.3 is 6.18 Å². The molecule has 3 rings (SSSR count). The van der Waals surface area contributed by atoms with E-state index in [1.54, 1.807) is 13.1 Å². The first-order chi connectivity index (χ1) is 9.88. The van der Waals surface area contributed by atoms with Crippen LogP contribution in [-0.2, 0) is 13.2 Å². The topological polar surface area (TPSA) is 30.7 Å². The van der Waals surface area contributed by atoms with Crippen molar-refractivity contribution in [2.24, 2.45) is 7.05 Å². The summed E-state index contributed by atoms with van der Waals surface area (Å²) in [5.41, 5.74) is -0.327. The van der Waals surface area contributed by atoms with Gasteiger partial charge in [0.15, 0.2) is 5.65 Å². The first-order valence-electron chi connectivity index (χ1n) is 6.02. The van der Waals surface area contributed by atoms with Gasteiger partial charge in [0, 0.05) is 13.2 Å². The van der Waals surface area contributed by atoms with Gasteiger partial charge in [0.1, 0.15) is 17.2 Å². The number of nitrogens with zero attached hydrogens (tertiary/aromatic N) is 3. The van der Waals surface area contributed by atoms with Crippen LogP contribution in [0.25, 0.3) is 22.6 Å². The Kier molecular flexibility index (Phi) is 2.93. The van der Waals surface area contributed by atoms with Gasteiger partial charge in [-0.2, -0.15) is 13.2 Å². The van der Waals surface area contributed by atoms with Crippen LogP contribution in [-0.4, -0.2) is 14.5 Å². The zero-order chi connectivity index (χ0) is 15.2. The molecule has 0 N–H and O–H groups in total. The second-order valence-electron chi connectivity index (χ2n) is 4.54. The summed E-state index contributed by atoms with van der Waals surface area (Å²) in [6.07, 6.45) is -3.74. The molecule has 1 aromatic carbocycles. The third-order valence-corrected chi connectivity index (χ3v) is 3.15. The van der Waals surface area contributed by atoms with E-state index in [4.69, 9.17) is 0 Å². The Balaban J connectivity index is 2.23. The molecule has 0 bridgehead atoms. The second-order valence-corrected chi connectivity index (χ2v) is 4.54. The van der Waals surface area contributed by atoms with Crippen molar-refractivity contribution in [2.45, 2.75) is 6.18 Å². The van der Waals surface area contributed by atoms with Gasteiger partial charge in [-0.05, 0) is 18.2 Å². The number of aromatic nitrogens is 3. The highest BCUT2D eigenvalue weighted by molar-refractivity contribution is 5.77. The summed E-state index contributed by atoms with van der Waals surface area (Å²) in [4.78, 5) is 7.86. The standard InChI is InChI=1S/C14H9F4N3/c1-21-12(9-4-2-3-5-10(9)15)20-11-6-8(14(16,17)18)7-19-13(11)21/h2-7H,1H3. The van der Waals surface area contributed by atoms with E-state index in [1.807, 2.05) is 0 Å². The summed E-state index contributed by atoms with van der Waals surface area (Å²) < 4.78 is 53.3. The number of benzene rings is 1. The van der Waals surface area contributed by atoms with Crippen molar-refractivity contribution in [3.05, 3.63) is 47.9 Å². The lowest BCUT2D eigenvalue weighted by atomic mass is 10.2. The molecule has 0 fully saturated rings. The quantitative estimate of drug-likeness (QED) is 0.639. The molecule has 3 nitrogen and oxygen atoms in total. The summed E-state index contributed by atoms with van der Waals surface area (Å²) in [5, 5.41) is 0. The molecule has 2 aromatic heterocycles. The molecule has 21 heavy (non-hydrogen) atoms. The molecule has 0 spiro atoms. The van der Waals surface area contributed by atoms with E-state index in [1.165, 1.54) is 22.8 Å². The molecular weight excluding hydrogens is 286 g/mol. The van der Waals surface area contributed by atoms with E-state index in [0.29, 0.717) is 0 Å². The number of pyridine rings is 1. The van der Waals surface area contributed by atoms with E-state index >= 15 is 0 Å². The van der Waals surface area contributed by atoms with Gasteiger partial charge in [-0.1, -0.05) is 12.1 Å². The molecule has 0 radical (unpaired) electrons. The van der Waals surface area contributed by atoms with Gasteiger partial charge in [-0.15, -0.1) is 0 Å². The number of halogens is 4. The van der Waals surface area contributed by atoms with Crippen LogP contribution in [0.2, 0.25) is 0 Å². The Morgan fingerprint density at radius 1 is 1.14 bits per heavy atom. The number of fused-ring (bicyclic) bond motifs is 1. The Hall–Kier alpha value is -2.44. The summed E-state index contributed by atoms with van der Waals surface area (Å²) in [6.45, 7) is 0. The number of hydrogen-bond acceptors (Lipinski definition) is 2. The van der Waals surface area contributed by atoms with Crippen molar-refractivity contribution in [1.29, 1.82) is 0 Å². The predicted molar refractivity (Wildman–Crippen MR) is 68.9 cm³/mol. The molecule has 0 saturated heterocycles. The highest BCUT2D eigenvalue weighted by atomic mass is 19.4. The van der Waals surface area contributed by atoms with E-state index in [-0.39, 0.29) is 22.6 Å². The molecule has 3 aromatic rings. The molecule has 0 unspecified atom stereocenters. The zero-order valence-electron chi connectivity index (χ0n) is 10.8. The number of hydrogen-bond donors (Lipinski definition) is 0. The number of rotatable bonds is 1. The van der Waals surface area contributed by atoms with Gasteiger partial charge in [0.2, 0.25) is 0 Å². The smallest absolute Gasteiger partial charge is 0.312 e. The van der Waals surface area contributed by atoms with E-state index in [0.717, 1.165) is 12.3 Å². The van der Waals surface area contributed by atoms with Gasteiger partial charge in [-0.3, -0.25) is 0 Å². The predicted octanol–water partition coefficient (Wildman–Crippen LogP) is 3.79. The van der Waals surface area contributed by atoms with Crippen LogP contribution in [0.1, 0.15) is 5.56 Å². The molecule has 0 saturated carbocycles. The number of alkyl halides is 3. The minimum absolute atomic E-state index is 0.0746. The molecule has 2 heterocycles. The molecule has 0 amide bonds. The van der Waals surface area contributed by atoms with Crippen molar-refractivity contribution in [2.75, 3.05) is 0 Å². The van der Waals surface area contributed by atoms with E-state index in [9.17, 15) is 17.6 Å². The van der Waals surface area contributed by atoms with Crippen LogP contribution in [0.3, 0.4) is 0 Å². The van der Waals surface area contributed by atoms with Gasteiger partial charge in [-0.25, -0.2) is 14.4 Å². The monoisotopic (exact) mass is 295 g/mol. The number of aryl methyl sites for hydroxylation is 1. The SMILES string of the molecule is Cn1c(-c2ccccc2F)nc2cc(C(F)(F)F)cnc21. The van der Waals surface area contributed by atoms with E-state index < -0.39 is 17.6 Å². The first kappa shape index (κ1) is 13.5. The highest BCUT2D eigenvalue weighted by Gasteiger charge is 2.31. The van der Waals surface area contributed by atoms with Gasteiger partial charge < -0.3 is 4.57 Å². The van der Waals surface area contributed by atoms with E-state index in [2.05, 4.69) is 9.97 Å². The summed E-state index contributed by atoms with van der Waals surface area (Å²) in [5.74, 6) is -0.262. The zero-order valence-corrected chi connectivity index (χ0v) is 10.8. The summed E-state index contributed by atoms with van der Waals surface area (Å²) in [6, 6.07) is 6.85. The molecule has 0 aliphatic rings. The Labute approximate surface area is 116 Å². The van der Waals surface area contributed by atoms with Crippen LogP contribution in [0.5, 0.6) is 0 Å². The van der Waals surface area contributed by atoms with Crippen LogP contribution >= 0.6 is 0 Å². The van der Waals surface area contributed by atoms with Gasteiger partial charge in [0.25, 0.3) is 0 Å². The maximum Gasteiger partial charge on any atom is 0.417 e. The molecule has 0 aliphatic carbocycles. The van der Waals surface area contributed by atoms with Crippen molar-refractivity contribution >= 4 is 11.2 Å². The van der Waals surface area contributed by atoms with Crippen LogP contribution in [0, 0.1) is 5.82 Å². The fraction of sp³-hybridized carbons (Fsp3) is 0.143. The van der Waals surface area contributed by atoms with Crippen molar-refractivity contribution in [3.63, 3.8) is 0 Å². The summed E-state index contributed by atoms with van der Waals surface area (Å²) in [7, 11) is 1.58. The lowest BCUT2D eigenvalue weighted by Crippen LogP contribution is -2.05. The largest absolute Gasteiger partial charge is 0.417 e. The average Bonchev–Trinajstić information content (AvgIpc) is 2.75. The first-order valence-corrected chi connectivity index (χ1v) is 6.02. The minimum Gasteiger partial charge on any atom is -0.312 e. The maximum atomic E-state index is 13.8. The fourth-order valence-electron chi connectivity index (χ4n) is 2.11. The summed E-state index contributed by atoms with van der Waals surface area (Å²) >= 11 is 0. The molecule has 108 valence electrons. The Morgan fingerprint density at radius 3 is 2.52 bits per heavy atom. The average molecular weight is 295 g/mol. The molecule has 7 heteroatoms. The van der Waals surface area contributed by atoms with Crippen molar-refractivity contribution in [1.82, 2.24) is 14.5 Å².